The van der Waals surface area contributed by atoms with E-state index in [1.165, 1.54) is 0 Å². The topological polar surface area (TPSA) is 51.9 Å². The van der Waals surface area contributed by atoms with Crippen LogP contribution in [0.2, 0.25) is 0 Å². The zero-order valence-corrected chi connectivity index (χ0v) is 13.8. The van der Waals surface area contributed by atoms with Crippen molar-refractivity contribution in [2.24, 2.45) is 0 Å². The molecular weight excluding hydrogens is 292 g/mol. The predicted octanol–water partition coefficient (Wildman–Crippen LogP) is 2.29. The van der Waals surface area contributed by atoms with E-state index in [0.717, 1.165) is 41.2 Å². The van der Waals surface area contributed by atoms with E-state index in [9.17, 15) is 0 Å². The number of hydrogen-bond donors (Lipinski definition) is 0. The maximum atomic E-state index is 5.25. The number of rotatable bonds is 7. The molecule has 23 heavy (non-hydrogen) atoms. The fourth-order valence-electron chi connectivity index (χ4n) is 2.73. The molecule has 1 aromatic carbocycles. The van der Waals surface area contributed by atoms with Crippen molar-refractivity contribution in [1.82, 2.24) is 14.6 Å². The minimum atomic E-state index is 0.642. The van der Waals surface area contributed by atoms with Crippen molar-refractivity contribution < 1.29 is 9.47 Å². The van der Waals surface area contributed by atoms with Crippen LogP contribution < -0.4 is 4.90 Å². The highest BCUT2D eigenvalue weighted by molar-refractivity contribution is 5.91. The van der Waals surface area contributed by atoms with E-state index < -0.39 is 0 Å². The third-order valence-electron chi connectivity index (χ3n) is 3.84. The summed E-state index contributed by atoms with van der Waals surface area (Å²) in [4.78, 5) is 7.05. The quantitative estimate of drug-likeness (QED) is 0.670. The first-order valence-corrected chi connectivity index (χ1v) is 7.72. The molecule has 0 saturated heterocycles. The Balaban J connectivity index is 2.15. The molecule has 0 saturated carbocycles. The highest BCUT2D eigenvalue weighted by atomic mass is 16.5. The number of aromatic nitrogens is 3. The van der Waals surface area contributed by atoms with Gasteiger partial charge in [-0.15, -0.1) is 0 Å². The number of anilines is 1. The number of hydrogen-bond acceptors (Lipinski definition) is 5. The van der Waals surface area contributed by atoms with Gasteiger partial charge in [0.2, 0.25) is 0 Å². The smallest absolute Gasteiger partial charge is 0.158 e. The summed E-state index contributed by atoms with van der Waals surface area (Å²) < 4.78 is 12.4. The Hall–Kier alpha value is -2.18. The summed E-state index contributed by atoms with van der Waals surface area (Å²) >= 11 is 0. The van der Waals surface area contributed by atoms with Gasteiger partial charge in [-0.2, -0.15) is 5.10 Å². The number of nitrogens with zero attached hydrogens (tertiary/aromatic N) is 4. The van der Waals surface area contributed by atoms with Gasteiger partial charge in [-0.25, -0.2) is 9.50 Å². The van der Waals surface area contributed by atoms with Crippen LogP contribution in [0.4, 0.5) is 5.82 Å². The third-order valence-corrected chi connectivity index (χ3v) is 3.84. The summed E-state index contributed by atoms with van der Waals surface area (Å²) in [5.74, 6) is 0.946. The molecule has 3 rings (SSSR count). The number of para-hydroxylation sites is 1. The lowest BCUT2D eigenvalue weighted by Gasteiger charge is -2.24. The summed E-state index contributed by atoms with van der Waals surface area (Å²) in [5.41, 5.74) is 2.87. The largest absolute Gasteiger partial charge is 0.383 e. The monoisotopic (exact) mass is 314 g/mol. The molecule has 0 bridgehead atoms. The Labute approximate surface area is 135 Å². The molecule has 0 amide bonds. The number of fused-ring (bicyclic) bond motifs is 3. The van der Waals surface area contributed by atoms with E-state index in [0.29, 0.717) is 13.2 Å². The molecule has 6 heteroatoms. The minimum Gasteiger partial charge on any atom is -0.383 e. The normalized spacial score (nSPS) is 11.4. The average molecular weight is 314 g/mol. The van der Waals surface area contributed by atoms with Crippen molar-refractivity contribution in [3.05, 3.63) is 36.0 Å². The summed E-state index contributed by atoms with van der Waals surface area (Å²) in [6.07, 6.45) is 0. The zero-order valence-electron chi connectivity index (χ0n) is 13.8. The molecule has 2 aromatic heterocycles. The van der Waals surface area contributed by atoms with Crippen LogP contribution in [-0.2, 0) is 9.47 Å². The van der Waals surface area contributed by atoms with Crippen LogP contribution in [-0.4, -0.2) is 55.1 Å². The Bertz CT molecular complexity index is 792. The van der Waals surface area contributed by atoms with Gasteiger partial charge in [0, 0.05) is 38.8 Å². The van der Waals surface area contributed by atoms with Crippen LogP contribution in [0, 0.1) is 6.92 Å². The molecule has 2 heterocycles. The van der Waals surface area contributed by atoms with Gasteiger partial charge in [-0.1, -0.05) is 12.1 Å². The van der Waals surface area contributed by atoms with Crippen LogP contribution in [0.3, 0.4) is 0 Å². The minimum absolute atomic E-state index is 0.642. The first-order valence-electron chi connectivity index (χ1n) is 7.72. The maximum absolute atomic E-state index is 5.25. The standard InChI is InChI=1S/C17H22N4O2/c1-13-12-16-18-17(20(8-10-22-2)9-11-23-3)14-6-4-5-7-15(14)21(16)19-13/h4-7,12H,8-11H2,1-3H3. The van der Waals surface area contributed by atoms with Crippen molar-refractivity contribution >= 4 is 22.4 Å². The number of ether oxygens (including phenoxy) is 2. The summed E-state index contributed by atoms with van der Waals surface area (Å²) in [5, 5.41) is 5.63. The van der Waals surface area contributed by atoms with E-state index in [1.807, 2.05) is 29.6 Å². The fourth-order valence-corrected chi connectivity index (χ4v) is 2.73. The molecule has 0 radical (unpaired) electrons. The summed E-state index contributed by atoms with van der Waals surface area (Å²) in [6.45, 7) is 4.80. The molecule has 122 valence electrons. The van der Waals surface area contributed by atoms with Gasteiger partial charge in [0.25, 0.3) is 0 Å². The third kappa shape index (κ3) is 3.13. The van der Waals surface area contributed by atoms with Gasteiger partial charge in [0.1, 0.15) is 5.82 Å². The van der Waals surface area contributed by atoms with Crippen LogP contribution in [0.15, 0.2) is 30.3 Å². The van der Waals surface area contributed by atoms with Crippen LogP contribution >= 0.6 is 0 Å². The number of methoxy groups -OCH3 is 2. The number of aryl methyl sites for hydroxylation is 1. The fraction of sp³-hybridized carbons (Fsp3) is 0.412. The highest BCUT2D eigenvalue weighted by Crippen LogP contribution is 2.26. The average Bonchev–Trinajstić information content (AvgIpc) is 2.95. The first kappa shape index (κ1) is 15.7. The second-order valence-corrected chi connectivity index (χ2v) is 5.48. The molecule has 0 aliphatic carbocycles. The molecule has 0 aliphatic rings. The van der Waals surface area contributed by atoms with Crippen LogP contribution in [0.1, 0.15) is 5.69 Å². The molecule has 0 spiro atoms. The Morgan fingerprint density at radius 2 is 1.78 bits per heavy atom. The first-order chi connectivity index (χ1) is 11.2. The predicted molar refractivity (Wildman–Crippen MR) is 91.2 cm³/mol. The van der Waals surface area contributed by atoms with Gasteiger partial charge in [-0.3, -0.25) is 0 Å². The van der Waals surface area contributed by atoms with Gasteiger partial charge >= 0.3 is 0 Å². The Morgan fingerprint density at radius 3 is 2.48 bits per heavy atom. The van der Waals surface area contributed by atoms with Crippen molar-refractivity contribution in [1.29, 1.82) is 0 Å². The Morgan fingerprint density at radius 1 is 1.09 bits per heavy atom. The molecule has 6 nitrogen and oxygen atoms in total. The second kappa shape index (κ2) is 6.93. The van der Waals surface area contributed by atoms with Crippen molar-refractivity contribution in [3.63, 3.8) is 0 Å². The molecule has 0 unspecified atom stereocenters. The SMILES string of the molecule is COCCN(CCOC)c1nc2cc(C)nn2c2ccccc12. The molecule has 3 aromatic rings. The number of benzene rings is 1. The summed E-state index contributed by atoms with van der Waals surface area (Å²) in [7, 11) is 3.42. The van der Waals surface area contributed by atoms with E-state index >= 15 is 0 Å². The Kier molecular flexibility index (Phi) is 4.73. The van der Waals surface area contributed by atoms with Crippen molar-refractivity contribution in [2.75, 3.05) is 45.4 Å². The van der Waals surface area contributed by atoms with E-state index in [-0.39, 0.29) is 0 Å². The van der Waals surface area contributed by atoms with Crippen LogP contribution in [0.5, 0.6) is 0 Å². The molecular formula is C17H22N4O2. The van der Waals surface area contributed by atoms with Crippen molar-refractivity contribution in [3.8, 4) is 0 Å². The highest BCUT2D eigenvalue weighted by Gasteiger charge is 2.15. The van der Waals surface area contributed by atoms with E-state index in [1.54, 1.807) is 14.2 Å². The zero-order chi connectivity index (χ0) is 16.2. The lowest BCUT2D eigenvalue weighted by atomic mass is 10.2. The van der Waals surface area contributed by atoms with Gasteiger partial charge in [0.05, 0.1) is 24.4 Å². The van der Waals surface area contributed by atoms with Gasteiger partial charge in [0.15, 0.2) is 5.65 Å². The summed E-state index contributed by atoms with van der Waals surface area (Å²) in [6, 6.07) is 10.2. The lowest BCUT2D eigenvalue weighted by Crippen LogP contribution is -2.31. The molecule has 0 N–H and O–H groups in total. The van der Waals surface area contributed by atoms with E-state index in [4.69, 9.17) is 14.5 Å². The maximum Gasteiger partial charge on any atom is 0.158 e. The van der Waals surface area contributed by atoms with Crippen LogP contribution in [0.25, 0.3) is 16.6 Å². The van der Waals surface area contributed by atoms with Crippen molar-refractivity contribution in [2.45, 2.75) is 6.92 Å². The van der Waals surface area contributed by atoms with E-state index in [2.05, 4.69) is 22.1 Å². The van der Waals surface area contributed by atoms with Gasteiger partial charge < -0.3 is 14.4 Å². The molecule has 0 aliphatic heterocycles. The molecule has 0 atom stereocenters. The second-order valence-electron chi connectivity index (χ2n) is 5.48. The van der Waals surface area contributed by atoms with Gasteiger partial charge in [-0.05, 0) is 19.1 Å². The molecule has 0 fully saturated rings. The lowest BCUT2D eigenvalue weighted by molar-refractivity contribution is 0.190.